The van der Waals surface area contributed by atoms with Crippen LogP contribution in [0.2, 0.25) is 0 Å². The van der Waals surface area contributed by atoms with Gasteiger partial charge >= 0.3 is 172 Å². The van der Waals surface area contributed by atoms with Crippen molar-refractivity contribution >= 4 is 37.8 Å². The fraction of sp³-hybridized carbons (Fsp3) is 0. The van der Waals surface area contributed by atoms with Gasteiger partial charge in [-0.3, -0.25) is 0 Å². The zero-order chi connectivity index (χ0) is 20.1. The Morgan fingerprint density at radius 1 is 0.586 bits per heavy atom. The van der Waals surface area contributed by atoms with E-state index in [0.717, 1.165) is 5.69 Å². The van der Waals surface area contributed by atoms with Crippen molar-refractivity contribution in [2.75, 3.05) is 0 Å². The topological polar surface area (TPSA) is 55.5 Å². The summed E-state index contributed by atoms with van der Waals surface area (Å²) in [6, 6.07) is 37.7. The summed E-state index contributed by atoms with van der Waals surface area (Å²) in [7, 11) is 0. The van der Waals surface area contributed by atoms with Crippen LogP contribution in [-0.4, -0.2) is 18.3 Å². The van der Waals surface area contributed by atoms with Gasteiger partial charge in [0, 0.05) is 0 Å². The molecule has 0 saturated carbocycles. The molecule has 0 aliphatic heterocycles. The standard InChI is InChI=1S/C24H19AsN2O2/c28-27(29)24-18-16-23(17-19-24)26-25(20-10-4-1-5-11-20,21-12-6-2-7-13-21)22-14-8-3-9-15-22/h1-19H. The van der Waals surface area contributed by atoms with E-state index in [2.05, 4.69) is 36.4 Å². The number of benzene rings is 4. The average Bonchev–Trinajstić information content (AvgIpc) is 2.79. The van der Waals surface area contributed by atoms with Crippen LogP contribution < -0.4 is 13.1 Å². The number of nitrogens with zero attached hydrogens (tertiary/aromatic N) is 2. The van der Waals surface area contributed by atoms with Crippen LogP contribution >= 0.6 is 0 Å². The van der Waals surface area contributed by atoms with Crippen molar-refractivity contribution in [3.05, 3.63) is 125 Å². The molecule has 0 amide bonds. The van der Waals surface area contributed by atoms with Crippen LogP contribution in [0, 0.1) is 10.1 Å². The van der Waals surface area contributed by atoms with Gasteiger partial charge in [-0.05, 0) is 0 Å². The molecule has 5 heteroatoms. The number of nitro benzene ring substituents is 1. The van der Waals surface area contributed by atoms with Crippen molar-refractivity contribution in [1.82, 2.24) is 0 Å². The van der Waals surface area contributed by atoms with Gasteiger partial charge in [0.1, 0.15) is 0 Å². The molecule has 4 nitrogen and oxygen atoms in total. The minimum atomic E-state index is -3.22. The Hall–Kier alpha value is -3.36. The van der Waals surface area contributed by atoms with Crippen LogP contribution in [0.5, 0.6) is 0 Å². The van der Waals surface area contributed by atoms with Gasteiger partial charge in [0.05, 0.1) is 0 Å². The molecule has 0 aliphatic rings. The zero-order valence-electron chi connectivity index (χ0n) is 15.6. The van der Waals surface area contributed by atoms with Gasteiger partial charge in [-0.2, -0.15) is 0 Å². The first-order valence-electron chi connectivity index (χ1n) is 9.24. The van der Waals surface area contributed by atoms with Gasteiger partial charge in [0.25, 0.3) is 0 Å². The molecule has 0 atom stereocenters. The van der Waals surface area contributed by atoms with Crippen molar-refractivity contribution in [1.29, 1.82) is 0 Å². The van der Waals surface area contributed by atoms with Crippen molar-refractivity contribution in [2.24, 2.45) is 3.86 Å². The summed E-state index contributed by atoms with van der Waals surface area (Å²) in [6.45, 7) is 0. The third-order valence-electron chi connectivity index (χ3n) is 4.72. The molecule has 0 heterocycles. The number of nitro groups is 1. The second kappa shape index (κ2) is 8.34. The molecule has 0 aliphatic carbocycles. The maximum atomic E-state index is 11.0. The maximum absolute atomic E-state index is 11.0. The van der Waals surface area contributed by atoms with Crippen molar-refractivity contribution in [2.45, 2.75) is 0 Å². The summed E-state index contributed by atoms with van der Waals surface area (Å²) in [4.78, 5) is 10.7. The van der Waals surface area contributed by atoms with Crippen LogP contribution in [0.15, 0.2) is 119 Å². The summed E-state index contributed by atoms with van der Waals surface area (Å²) in [6.07, 6.45) is 0. The Morgan fingerprint density at radius 2 is 0.966 bits per heavy atom. The molecule has 0 aromatic heterocycles. The van der Waals surface area contributed by atoms with Crippen LogP contribution in [0.3, 0.4) is 0 Å². The van der Waals surface area contributed by atoms with Crippen LogP contribution in [0.25, 0.3) is 0 Å². The summed E-state index contributed by atoms with van der Waals surface area (Å²) in [5.41, 5.74) is 0.818. The van der Waals surface area contributed by atoms with Gasteiger partial charge in [-0.1, -0.05) is 0 Å². The monoisotopic (exact) mass is 442 g/mol. The number of hydrogen-bond donors (Lipinski definition) is 0. The molecule has 4 aromatic rings. The Labute approximate surface area is 171 Å². The Bertz CT molecular complexity index is 1060. The number of hydrogen-bond acceptors (Lipinski definition) is 3. The fourth-order valence-corrected chi connectivity index (χ4v) is 10.8. The zero-order valence-corrected chi connectivity index (χ0v) is 17.5. The van der Waals surface area contributed by atoms with Gasteiger partial charge in [0.15, 0.2) is 0 Å². The number of non-ortho nitro benzene ring substituents is 1. The van der Waals surface area contributed by atoms with E-state index in [1.54, 1.807) is 12.1 Å². The van der Waals surface area contributed by atoms with Gasteiger partial charge in [0.2, 0.25) is 0 Å². The minimum absolute atomic E-state index is 0.0688. The Balaban J connectivity index is 2.06. The van der Waals surface area contributed by atoms with Crippen LogP contribution in [-0.2, 0) is 0 Å². The summed E-state index contributed by atoms with van der Waals surface area (Å²) in [5.74, 6) is 0. The van der Waals surface area contributed by atoms with E-state index in [-0.39, 0.29) is 10.6 Å². The first-order valence-corrected chi connectivity index (χ1v) is 12.9. The molecular weight excluding hydrogens is 423 g/mol. The first kappa shape index (κ1) is 19.0. The Morgan fingerprint density at radius 3 is 1.31 bits per heavy atom. The molecule has 0 radical (unpaired) electrons. The van der Waals surface area contributed by atoms with Crippen molar-refractivity contribution in [3.63, 3.8) is 0 Å². The molecule has 0 N–H and O–H groups in total. The summed E-state index contributed by atoms with van der Waals surface area (Å²) < 4.78 is 8.94. The van der Waals surface area contributed by atoms with Crippen LogP contribution in [0.1, 0.15) is 0 Å². The molecule has 142 valence electrons. The second-order valence-electron chi connectivity index (χ2n) is 6.52. The molecule has 0 bridgehead atoms. The van der Waals surface area contributed by atoms with Gasteiger partial charge in [-0.15, -0.1) is 0 Å². The third kappa shape index (κ3) is 3.80. The quantitative estimate of drug-likeness (QED) is 0.265. The third-order valence-corrected chi connectivity index (χ3v) is 12.4. The molecule has 0 fully saturated rings. The average molecular weight is 442 g/mol. The van der Waals surface area contributed by atoms with Crippen LogP contribution in [0.4, 0.5) is 11.4 Å². The SMILES string of the molecule is O=[N+]([O-])c1ccc(N=[As](c2ccccc2)(c2ccccc2)c2ccccc2)cc1. The molecule has 0 unspecified atom stereocenters. The molecule has 0 saturated heterocycles. The fourth-order valence-electron chi connectivity index (χ4n) is 3.37. The van der Waals surface area contributed by atoms with Crippen molar-refractivity contribution < 1.29 is 4.92 Å². The molecular formula is C24H19AsN2O2. The normalized spacial score (nSPS) is 11.0. The first-order chi connectivity index (χ1) is 14.2. The predicted molar refractivity (Wildman–Crippen MR) is 119 cm³/mol. The summed E-state index contributed by atoms with van der Waals surface area (Å²) in [5, 5.41) is 11.0. The van der Waals surface area contributed by atoms with Crippen molar-refractivity contribution in [3.8, 4) is 0 Å². The van der Waals surface area contributed by atoms with E-state index in [1.165, 1.54) is 25.2 Å². The molecule has 29 heavy (non-hydrogen) atoms. The van der Waals surface area contributed by atoms with E-state index in [4.69, 9.17) is 3.86 Å². The van der Waals surface area contributed by atoms with E-state index in [0.29, 0.717) is 0 Å². The van der Waals surface area contributed by atoms with E-state index in [9.17, 15) is 10.1 Å². The number of rotatable bonds is 5. The van der Waals surface area contributed by atoms with Gasteiger partial charge < -0.3 is 0 Å². The van der Waals surface area contributed by atoms with E-state index < -0.39 is 13.4 Å². The molecule has 0 spiro atoms. The Kier molecular flexibility index (Phi) is 5.46. The molecule has 4 rings (SSSR count). The van der Waals surface area contributed by atoms with Gasteiger partial charge in [-0.25, -0.2) is 0 Å². The second-order valence-corrected chi connectivity index (χ2v) is 12.9. The molecule has 4 aromatic carbocycles. The summed E-state index contributed by atoms with van der Waals surface area (Å²) >= 11 is -3.22. The van der Waals surface area contributed by atoms with E-state index >= 15 is 0 Å². The predicted octanol–water partition coefficient (Wildman–Crippen LogP) is 4.16. The van der Waals surface area contributed by atoms with E-state index in [1.807, 2.05) is 54.6 Å².